The number of nitrogen functional groups attached to an aromatic ring is 1. The summed E-state index contributed by atoms with van der Waals surface area (Å²) in [6.45, 7) is 2.05. The molecule has 0 aliphatic heterocycles. The van der Waals surface area contributed by atoms with Crippen LogP contribution in [-0.2, 0) is 0 Å². The Morgan fingerprint density at radius 1 is 1.38 bits per heavy atom. The van der Waals surface area contributed by atoms with E-state index in [1.165, 1.54) is 5.56 Å². The molecule has 2 aromatic rings. The molecule has 1 heterocycles. The molecule has 0 amide bonds. The number of aromatic nitrogens is 3. The molecule has 0 unspecified atom stereocenters. The highest BCUT2D eigenvalue weighted by atomic mass is 127. The fraction of sp³-hybridized carbons (Fsp3) is 0.100. The van der Waals surface area contributed by atoms with Gasteiger partial charge in [0.15, 0.2) is 0 Å². The Morgan fingerprint density at radius 2 is 2.12 bits per heavy atom. The Hall–Kier alpha value is -1.02. The van der Waals surface area contributed by atoms with Gasteiger partial charge in [-0.3, -0.25) is 0 Å². The summed E-state index contributed by atoms with van der Waals surface area (Å²) in [5.74, 6) is 0.943. The first kappa shape index (κ1) is 11.5. The van der Waals surface area contributed by atoms with E-state index in [0.29, 0.717) is 5.82 Å². The van der Waals surface area contributed by atoms with Crippen molar-refractivity contribution in [3.8, 4) is 11.4 Å². The minimum Gasteiger partial charge on any atom is -0.369 e. The molecular formula is C10H9IN4S. The average molecular weight is 344 g/mol. The van der Waals surface area contributed by atoms with Gasteiger partial charge in [-0.2, -0.15) is 4.98 Å². The standard InChI is InChI=1S/C10H9IN4S/c1-5-3-2-4-6(7(5)11)8-13-9(12)15-10(16)14-8/h2-4H,1H3,(H3,12,13,14,15,16). The van der Waals surface area contributed by atoms with E-state index in [4.69, 9.17) is 18.0 Å². The fourth-order valence-electron chi connectivity index (χ4n) is 1.36. The van der Waals surface area contributed by atoms with E-state index in [1.54, 1.807) is 0 Å². The van der Waals surface area contributed by atoms with Crippen LogP contribution in [0.1, 0.15) is 5.56 Å². The zero-order valence-electron chi connectivity index (χ0n) is 8.49. The lowest BCUT2D eigenvalue weighted by Crippen LogP contribution is -2.01. The quantitative estimate of drug-likeness (QED) is 0.617. The van der Waals surface area contributed by atoms with Gasteiger partial charge in [-0.1, -0.05) is 18.2 Å². The van der Waals surface area contributed by atoms with Crippen LogP contribution in [0.15, 0.2) is 18.2 Å². The highest BCUT2D eigenvalue weighted by Gasteiger charge is 2.07. The van der Waals surface area contributed by atoms with Gasteiger partial charge in [-0.05, 0) is 47.3 Å². The maximum atomic E-state index is 5.61. The lowest BCUT2D eigenvalue weighted by atomic mass is 10.1. The third kappa shape index (κ3) is 2.22. The van der Waals surface area contributed by atoms with E-state index < -0.39 is 0 Å². The Morgan fingerprint density at radius 3 is 2.81 bits per heavy atom. The molecule has 16 heavy (non-hydrogen) atoms. The van der Waals surface area contributed by atoms with Crippen molar-refractivity contribution in [2.75, 3.05) is 5.73 Å². The third-order valence-corrected chi connectivity index (χ3v) is 3.73. The van der Waals surface area contributed by atoms with Crippen LogP contribution < -0.4 is 5.73 Å². The molecule has 1 aromatic carbocycles. The van der Waals surface area contributed by atoms with Gasteiger partial charge in [0.1, 0.15) is 5.82 Å². The first-order valence-corrected chi connectivity index (χ1v) is 6.06. The molecule has 0 spiro atoms. The number of nitrogens with one attached hydrogen (secondary N) is 1. The van der Waals surface area contributed by atoms with Crippen LogP contribution in [0.3, 0.4) is 0 Å². The predicted molar refractivity (Wildman–Crippen MR) is 74.5 cm³/mol. The molecule has 0 aliphatic rings. The van der Waals surface area contributed by atoms with Gasteiger partial charge in [0.25, 0.3) is 0 Å². The second-order valence-corrected chi connectivity index (χ2v) is 4.75. The second-order valence-electron chi connectivity index (χ2n) is 3.30. The van der Waals surface area contributed by atoms with Crippen LogP contribution in [-0.4, -0.2) is 15.0 Å². The van der Waals surface area contributed by atoms with E-state index in [9.17, 15) is 0 Å². The van der Waals surface area contributed by atoms with E-state index in [-0.39, 0.29) is 10.7 Å². The average Bonchev–Trinajstić information content (AvgIpc) is 2.20. The second kappa shape index (κ2) is 4.46. The molecule has 0 atom stereocenters. The Bertz CT molecular complexity index is 594. The van der Waals surface area contributed by atoms with E-state index in [2.05, 4.69) is 37.5 Å². The maximum Gasteiger partial charge on any atom is 0.224 e. The summed E-state index contributed by atoms with van der Waals surface area (Å²) in [4.78, 5) is 10.9. The SMILES string of the molecule is Cc1cccc(-c2nc(=S)nc(N)[nH]2)c1I. The van der Waals surface area contributed by atoms with Crippen molar-refractivity contribution in [2.24, 2.45) is 0 Å². The van der Waals surface area contributed by atoms with Crippen molar-refractivity contribution in [3.05, 3.63) is 32.1 Å². The van der Waals surface area contributed by atoms with Crippen LogP contribution in [0.4, 0.5) is 5.95 Å². The number of nitrogens with zero attached hydrogens (tertiary/aromatic N) is 2. The largest absolute Gasteiger partial charge is 0.369 e. The molecule has 0 radical (unpaired) electrons. The normalized spacial score (nSPS) is 10.4. The summed E-state index contributed by atoms with van der Waals surface area (Å²) in [7, 11) is 0. The highest BCUT2D eigenvalue weighted by molar-refractivity contribution is 14.1. The number of rotatable bonds is 1. The zero-order chi connectivity index (χ0) is 11.7. The molecule has 2 rings (SSSR count). The van der Waals surface area contributed by atoms with Crippen molar-refractivity contribution < 1.29 is 0 Å². The molecule has 0 saturated carbocycles. The Kier molecular flexibility index (Phi) is 3.20. The van der Waals surface area contributed by atoms with Crippen LogP contribution >= 0.6 is 34.8 Å². The number of halogens is 1. The lowest BCUT2D eigenvalue weighted by Gasteiger charge is -2.06. The molecule has 4 nitrogen and oxygen atoms in total. The van der Waals surface area contributed by atoms with Gasteiger partial charge in [-0.25, -0.2) is 4.98 Å². The zero-order valence-corrected chi connectivity index (χ0v) is 11.5. The molecule has 0 fully saturated rings. The summed E-state index contributed by atoms with van der Waals surface area (Å²) >= 11 is 7.22. The lowest BCUT2D eigenvalue weighted by molar-refractivity contribution is 1.05. The first-order chi connectivity index (χ1) is 7.58. The van der Waals surface area contributed by atoms with Gasteiger partial charge in [0, 0.05) is 9.13 Å². The number of anilines is 1. The number of H-pyrrole nitrogens is 1. The number of aryl methyl sites for hydroxylation is 1. The maximum absolute atomic E-state index is 5.61. The molecule has 0 saturated heterocycles. The molecular weight excluding hydrogens is 335 g/mol. The van der Waals surface area contributed by atoms with E-state index >= 15 is 0 Å². The van der Waals surface area contributed by atoms with Gasteiger partial charge < -0.3 is 10.7 Å². The summed E-state index contributed by atoms with van der Waals surface area (Å²) in [6, 6.07) is 5.99. The van der Waals surface area contributed by atoms with Crippen LogP contribution in [0.5, 0.6) is 0 Å². The highest BCUT2D eigenvalue weighted by Crippen LogP contribution is 2.24. The van der Waals surface area contributed by atoms with Gasteiger partial charge in [0.2, 0.25) is 10.7 Å². The number of aromatic amines is 1. The van der Waals surface area contributed by atoms with Gasteiger partial charge >= 0.3 is 0 Å². The van der Waals surface area contributed by atoms with Gasteiger partial charge in [-0.15, -0.1) is 0 Å². The number of hydrogen-bond acceptors (Lipinski definition) is 4. The molecule has 1 aromatic heterocycles. The molecule has 82 valence electrons. The number of hydrogen-bond donors (Lipinski definition) is 2. The molecule has 3 N–H and O–H groups in total. The molecule has 6 heteroatoms. The van der Waals surface area contributed by atoms with E-state index in [0.717, 1.165) is 9.13 Å². The van der Waals surface area contributed by atoms with Crippen molar-refractivity contribution in [1.29, 1.82) is 0 Å². The molecule has 0 aliphatic carbocycles. The van der Waals surface area contributed by atoms with E-state index in [1.807, 2.05) is 25.1 Å². The summed E-state index contributed by atoms with van der Waals surface area (Å²) in [5.41, 5.74) is 7.79. The van der Waals surface area contributed by atoms with Crippen molar-refractivity contribution in [3.63, 3.8) is 0 Å². The van der Waals surface area contributed by atoms with Crippen molar-refractivity contribution in [1.82, 2.24) is 15.0 Å². The number of nitrogens with two attached hydrogens (primary N) is 1. The predicted octanol–water partition coefficient (Wildman–Crippen LogP) is 2.70. The topological polar surface area (TPSA) is 67.6 Å². The Labute approximate surface area is 111 Å². The summed E-state index contributed by atoms with van der Waals surface area (Å²) < 4.78 is 1.38. The monoisotopic (exact) mass is 344 g/mol. The fourth-order valence-corrected chi connectivity index (χ4v) is 2.16. The van der Waals surface area contributed by atoms with Crippen molar-refractivity contribution >= 4 is 40.8 Å². The van der Waals surface area contributed by atoms with Crippen LogP contribution in [0, 0.1) is 15.3 Å². The van der Waals surface area contributed by atoms with Gasteiger partial charge in [0.05, 0.1) is 0 Å². The molecule has 0 bridgehead atoms. The minimum absolute atomic E-state index is 0.253. The Balaban J connectivity index is 2.67. The number of benzene rings is 1. The first-order valence-electron chi connectivity index (χ1n) is 4.57. The summed E-state index contributed by atoms with van der Waals surface area (Å²) in [6.07, 6.45) is 0. The summed E-state index contributed by atoms with van der Waals surface area (Å²) in [5, 5.41) is 0. The third-order valence-electron chi connectivity index (χ3n) is 2.12. The minimum atomic E-state index is 0.253. The van der Waals surface area contributed by atoms with Crippen LogP contribution in [0.25, 0.3) is 11.4 Å². The van der Waals surface area contributed by atoms with Crippen LogP contribution in [0.2, 0.25) is 0 Å². The smallest absolute Gasteiger partial charge is 0.224 e. The van der Waals surface area contributed by atoms with Crippen molar-refractivity contribution in [2.45, 2.75) is 6.92 Å².